The molecule has 2 aromatic heterocycles. The van der Waals surface area contributed by atoms with Gasteiger partial charge < -0.3 is 15.2 Å². The van der Waals surface area contributed by atoms with Crippen molar-refractivity contribution in [2.75, 3.05) is 13.3 Å². The average Bonchev–Trinajstić information content (AvgIpc) is 3.08. The second-order valence-corrected chi connectivity index (χ2v) is 6.26. The Bertz CT molecular complexity index is 1290. The van der Waals surface area contributed by atoms with Gasteiger partial charge in [-0.3, -0.25) is 19.7 Å². The van der Waals surface area contributed by atoms with Crippen LogP contribution in [0.25, 0.3) is 27.5 Å². The Morgan fingerprint density at radius 2 is 1.97 bits per heavy atom. The van der Waals surface area contributed by atoms with Crippen molar-refractivity contribution >= 4 is 33.7 Å². The number of pyridine rings is 1. The summed E-state index contributed by atoms with van der Waals surface area (Å²) < 4.78 is 6.16. The highest BCUT2D eigenvalue weighted by Gasteiger charge is 2.13. The molecule has 0 unspecified atom stereocenters. The minimum absolute atomic E-state index is 0.237. The molecule has 9 nitrogen and oxygen atoms in total. The van der Waals surface area contributed by atoms with Crippen LogP contribution >= 0.6 is 0 Å². The smallest absolute Gasteiger partial charge is 0.329 e. The summed E-state index contributed by atoms with van der Waals surface area (Å²) in [6.07, 6.45) is 1.53. The van der Waals surface area contributed by atoms with Crippen LogP contribution in [0.2, 0.25) is 0 Å². The first-order valence-electron chi connectivity index (χ1n) is 8.71. The molecule has 0 spiro atoms. The van der Waals surface area contributed by atoms with Crippen LogP contribution in [0.5, 0.6) is 0 Å². The highest BCUT2D eigenvalue weighted by atomic mass is 16.5. The molecule has 1 amide bonds. The number of rotatable bonds is 6. The largest absolute Gasteiger partial charge is 0.480 e. The number of nitrogens with one attached hydrogen (secondary N) is 2. The molecule has 0 saturated carbocycles. The first-order valence-corrected chi connectivity index (χ1v) is 8.71. The number of H-pyrrole nitrogens is 1. The molecule has 29 heavy (non-hydrogen) atoms. The van der Waals surface area contributed by atoms with Crippen LogP contribution in [0.1, 0.15) is 10.4 Å². The van der Waals surface area contributed by atoms with Gasteiger partial charge in [-0.25, -0.2) is 9.48 Å². The molecule has 3 N–H and O–H groups in total. The number of nitrogens with zero attached hydrogens (tertiary/aromatic N) is 2. The van der Waals surface area contributed by atoms with Gasteiger partial charge in [0.1, 0.15) is 13.3 Å². The predicted octanol–water partition coefficient (Wildman–Crippen LogP) is 1.66. The summed E-state index contributed by atoms with van der Waals surface area (Å²) in [6.45, 7) is -0.744. The van der Waals surface area contributed by atoms with Crippen LogP contribution in [0, 0.1) is 0 Å². The maximum absolute atomic E-state index is 12.8. The van der Waals surface area contributed by atoms with Crippen molar-refractivity contribution in [2.24, 2.45) is 0 Å². The zero-order valence-corrected chi connectivity index (χ0v) is 15.1. The molecule has 0 aliphatic rings. The number of benzene rings is 2. The summed E-state index contributed by atoms with van der Waals surface area (Å²) in [6, 6.07) is 14.0. The molecule has 2 heterocycles. The summed E-state index contributed by atoms with van der Waals surface area (Å²) >= 11 is 0. The van der Waals surface area contributed by atoms with Crippen molar-refractivity contribution in [3.8, 4) is 5.69 Å². The molecule has 2 aromatic carbocycles. The second-order valence-electron chi connectivity index (χ2n) is 6.26. The number of amides is 1. The Kier molecular flexibility index (Phi) is 4.80. The number of hydrogen-bond donors (Lipinski definition) is 3. The fourth-order valence-electron chi connectivity index (χ4n) is 3.03. The Labute approximate surface area is 163 Å². The van der Waals surface area contributed by atoms with Gasteiger partial charge in [-0.05, 0) is 24.3 Å². The van der Waals surface area contributed by atoms with Crippen molar-refractivity contribution in [2.45, 2.75) is 0 Å². The maximum Gasteiger partial charge on any atom is 0.329 e. The maximum atomic E-state index is 12.8. The molecular formula is C20H16N4O5. The first kappa shape index (κ1) is 18.4. The average molecular weight is 392 g/mol. The minimum Gasteiger partial charge on any atom is -0.480 e. The van der Waals surface area contributed by atoms with Gasteiger partial charge in [0.05, 0.1) is 22.1 Å². The minimum atomic E-state index is -1.12. The topological polar surface area (TPSA) is 126 Å². The van der Waals surface area contributed by atoms with E-state index in [-0.39, 0.29) is 12.3 Å². The Hall–Kier alpha value is -3.98. The molecule has 0 fully saturated rings. The molecule has 146 valence electrons. The lowest BCUT2D eigenvalue weighted by Crippen LogP contribution is -2.27. The lowest BCUT2D eigenvalue weighted by Gasteiger charge is -2.07. The Morgan fingerprint density at radius 3 is 2.79 bits per heavy atom. The van der Waals surface area contributed by atoms with E-state index < -0.39 is 18.5 Å². The fourth-order valence-corrected chi connectivity index (χ4v) is 3.03. The summed E-state index contributed by atoms with van der Waals surface area (Å²) in [5, 5.41) is 15.4. The summed E-state index contributed by atoms with van der Waals surface area (Å²) in [5.41, 5.74) is 1.94. The van der Waals surface area contributed by atoms with Gasteiger partial charge in [0.25, 0.3) is 11.5 Å². The number of aromatic nitrogens is 3. The van der Waals surface area contributed by atoms with Crippen LogP contribution < -0.4 is 10.9 Å². The summed E-state index contributed by atoms with van der Waals surface area (Å²) in [7, 11) is 0. The number of ether oxygens (including phenoxy) is 1. The van der Waals surface area contributed by atoms with E-state index in [0.29, 0.717) is 22.2 Å². The van der Waals surface area contributed by atoms with Crippen molar-refractivity contribution in [3.63, 3.8) is 0 Å². The third-order valence-electron chi connectivity index (χ3n) is 4.36. The van der Waals surface area contributed by atoms with E-state index >= 15 is 0 Å². The first-order chi connectivity index (χ1) is 14.0. The zero-order chi connectivity index (χ0) is 20.4. The van der Waals surface area contributed by atoms with Gasteiger partial charge in [-0.1, -0.05) is 24.3 Å². The fraction of sp³-hybridized carbons (Fsp3) is 0.100. The molecular weight excluding hydrogens is 376 g/mol. The van der Waals surface area contributed by atoms with Gasteiger partial charge >= 0.3 is 5.97 Å². The number of fused-ring (bicyclic) bond motifs is 3. The lowest BCUT2D eigenvalue weighted by molar-refractivity contribution is -0.142. The molecule has 0 bridgehead atoms. The van der Waals surface area contributed by atoms with Crippen molar-refractivity contribution in [3.05, 3.63) is 70.6 Å². The van der Waals surface area contributed by atoms with E-state index in [4.69, 9.17) is 9.84 Å². The van der Waals surface area contributed by atoms with Gasteiger partial charge in [-0.2, -0.15) is 0 Å². The second kappa shape index (κ2) is 7.56. The number of hydrogen-bond acceptors (Lipinski definition) is 5. The van der Waals surface area contributed by atoms with E-state index in [9.17, 15) is 14.4 Å². The van der Waals surface area contributed by atoms with Gasteiger partial charge in [-0.15, -0.1) is 0 Å². The van der Waals surface area contributed by atoms with Crippen LogP contribution in [-0.2, 0) is 9.53 Å². The third-order valence-corrected chi connectivity index (χ3v) is 4.36. The van der Waals surface area contributed by atoms with Gasteiger partial charge in [0.2, 0.25) is 0 Å². The van der Waals surface area contributed by atoms with E-state index in [0.717, 1.165) is 10.9 Å². The summed E-state index contributed by atoms with van der Waals surface area (Å²) in [5.74, 6) is -1.57. The third kappa shape index (κ3) is 3.58. The molecule has 0 aliphatic heterocycles. The molecule has 0 saturated heterocycles. The number of carbonyl (C=O) groups excluding carboxylic acids is 1. The number of carbonyl (C=O) groups is 2. The van der Waals surface area contributed by atoms with Crippen molar-refractivity contribution in [1.29, 1.82) is 0 Å². The predicted molar refractivity (Wildman–Crippen MR) is 105 cm³/mol. The molecule has 0 atom stereocenters. The lowest BCUT2D eigenvalue weighted by atomic mass is 10.2. The molecule has 0 aliphatic carbocycles. The molecule has 9 heteroatoms. The van der Waals surface area contributed by atoms with E-state index in [1.54, 1.807) is 24.3 Å². The van der Waals surface area contributed by atoms with Crippen LogP contribution in [0.15, 0.2) is 59.5 Å². The number of carboxylic acids is 1. The molecule has 4 aromatic rings. The number of aliphatic carboxylic acids is 1. The number of carboxylic acid groups (broad SMARTS) is 1. The van der Waals surface area contributed by atoms with Gasteiger partial charge in [0.15, 0.2) is 0 Å². The molecule has 4 rings (SSSR count). The van der Waals surface area contributed by atoms with E-state index in [1.807, 2.05) is 24.3 Å². The standard InChI is InChI=1S/C20H16N4O5/c25-17(26)10-29-11-22-19(27)12-4-3-5-13(8-12)24-20(28)15-9-21-16-7-2-1-6-14(16)18(15)23-24/h1-9,23H,10-11H2,(H,22,27)(H,25,26). The van der Waals surface area contributed by atoms with Crippen LogP contribution in [-0.4, -0.2) is 45.1 Å². The molecule has 0 radical (unpaired) electrons. The SMILES string of the molecule is O=C(O)COCNC(=O)c1cccc(-n2[nH]c3c(cnc4ccccc43)c2=O)c1. The van der Waals surface area contributed by atoms with E-state index in [2.05, 4.69) is 15.4 Å². The number of para-hydroxylation sites is 1. The quantitative estimate of drug-likeness (QED) is 0.338. The van der Waals surface area contributed by atoms with Crippen LogP contribution in [0.3, 0.4) is 0 Å². The monoisotopic (exact) mass is 392 g/mol. The highest BCUT2D eigenvalue weighted by Crippen LogP contribution is 2.20. The Morgan fingerprint density at radius 1 is 1.14 bits per heavy atom. The summed E-state index contributed by atoms with van der Waals surface area (Å²) in [4.78, 5) is 39.9. The number of aromatic amines is 1. The van der Waals surface area contributed by atoms with E-state index in [1.165, 1.54) is 10.9 Å². The Balaban J connectivity index is 1.66. The van der Waals surface area contributed by atoms with Crippen LogP contribution in [0.4, 0.5) is 0 Å². The highest BCUT2D eigenvalue weighted by molar-refractivity contribution is 6.02. The van der Waals surface area contributed by atoms with Crippen molar-refractivity contribution in [1.82, 2.24) is 20.1 Å². The normalized spacial score (nSPS) is 11.0. The van der Waals surface area contributed by atoms with Gasteiger partial charge in [0, 0.05) is 17.1 Å². The zero-order valence-electron chi connectivity index (χ0n) is 15.1. The van der Waals surface area contributed by atoms with Crippen molar-refractivity contribution < 1.29 is 19.4 Å².